The lowest BCUT2D eigenvalue weighted by Crippen LogP contribution is -2.39. The molecule has 0 atom stereocenters. The fourth-order valence-electron chi connectivity index (χ4n) is 4.48. The van der Waals surface area contributed by atoms with Crippen LogP contribution < -0.4 is 5.32 Å². The Morgan fingerprint density at radius 1 is 1.09 bits per heavy atom. The van der Waals surface area contributed by atoms with E-state index in [1.54, 1.807) is 6.07 Å². The van der Waals surface area contributed by atoms with Crippen molar-refractivity contribution < 1.29 is 9.59 Å². The van der Waals surface area contributed by atoms with Crippen molar-refractivity contribution >= 4 is 40.6 Å². The Morgan fingerprint density at radius 3 is 2.61 bits per heavy atom. The van der Waals surface area contributed by atoms with E-state index in [9.17, 15) is 9.59 Å². The summed E-state index contributed by atoms with van der Waals surface area (Å²) >= 11 is 1.43. The van der Waals surface area contributed by atoms with Crippen molar-refractivity contribution in [2.24, 2.45) is 0 Å². The second-order valence-electron chi connectivity index (χ2n) is 8.61. The van der Waals surface area contributed by atoms with Gasteiger partial charge in [-0.2, -0.15) is 0 Å². The number of nitrogens with zero attached hydrogens (tertiary/aromatic N) is 3. The number of amides is 2. The van der Waals surface area contributed by atoms with Gasteiger partial charge in [0.2, 0.25) is 11.9 Å². The number of hydrogen-bond acceptors (Lipinski definition) is 4. The molecule has 1 N–H and O–H groups in total. The van der Waals surface area contributed by atoms with E-state index in [0.29, 0.717) is 23.3 Å². The highest BCUT2D eigenvalue weighted by molar-refractivity contribution is 8.00. The normalized spacial score (nSPS) is 14.4. The van der Waals surface area contributed by atoms with Crippen molar-refractivity contribution in [1.29, 1.82) is 0 Å². The average molecular weight is 465 g/mol. The van der Waals surface area contributed by atoms with E-state index in [1.807, 2.05) is 59.0 Å². The second-order valence-corrected chi connectivity index (χ2v) is 9.63. The monoisotopic (exact) mass is 464 g/mol. The van der Waals surface area contributed by atoms with Gasteiger partial charge in [-0.25, -0.2) is 4.98 Å². The van der Waals surface area contributed by atoms with Crippen molar-refractivity contribution in [1.82, 2.24) is 14.5 Å². The van der Waals surface area contributed by atoms with Crippen LogP contribution in [-0.2, 0) is 11.3 Å². The summed E-state index contributed by atoms with van der Waals surface area (Å²) < 4.78 is 2.05. The summed E-state index contributed by atoms with van der Waals surface area (Å²) in [6.45, 7) is 2.88. The molecule has 1 heterocycles. The number of anilines is 1. The third kappa shape index (κ3) is 5.41. The first-order valence-corrected chi connectivity index (χ1v) is 12.8. The Bertz CT molecular complexity index is 1120. The van der Waals surface area contributed by atoms with Gasteiger partial charge in [0.05, 0.1) is 22.3 Å². The minimum atomic E-state index is -0.209. The Labute approximate surface area is 199 Å². The third-order valence-electron chi connectivity index (χ3n) is 6.33. The summed E-state index contributed by atoms with van der Waals surface area (Å²) in [5.74, 6) is 0.785. The Balaban J connectivity index is 1.47. The molecule has 2 amide bonds. The summed E-state index contributed by atoms with van der Waals surface area (Å²) in [5.41, 5.74) is 2.43. The number of carbonyl (C=O) groups is 2. The van der Waals surface area contributed by atoms with Gasteiger partial charge in [-0.1, -0.05) is 50.5 Å². The van der Waals surface area contributed by atoms with Crippen LogP contribution in [0.5, 0.6) is 0 Å². The van der Waals surface area contributed by atoms with Gasteiger partial charge in [-0.05, 0) is 43.5 Å². The number of nitrogens with one attached hydrogen (secondary N) is 1. The smallest absolute Gasteiger partial charge is 0.259 e. The predicted molar refractivity (Wildman–Crippen MR) is 135 cm³/mol. The van der Waals surface area contributed by atoms with Crippen LogP contribution in [0.15, 0.2) is 53.4 Å². The molecule has 3 aromatic rings. The number of aromatic nitrogens is 2. The van der Waals surface area contributed by atoms with Gasteiger partial charge in [-0.15, -0.1) is 11.8 Å². The SMILES string of the molecule is CCCn1c(NC(=O)c2ccccc2SCC(=O)N(C)C2CCCCC2)nc2ccccc21. The topological polar surface area (TPSA) is 67.2 Å². The number of hydrogen-bond donors (Lipinski definition) is 1. The molecular formula is C26H32N4O2S. The van der Waals surface area contributed by atoms with E-state index in [-0.39, 0.29) is 11.8 Å². The van der Waals surface area contributed by atoms with Crippen LogP contribution in [0.3, 0.4) is 0 Å². The number of carbonyl (C=O) groups excluding carboxylic acids is 2. The van der Waals surface area contributed by atoms with Crippen LogP contribution >= 0.6 is 11.8 Å². The molecule has 7 heteroatoms. The molecule has 1 saturated carbocycles. The summed E-state index contributed by atoms with van der Waals surface area (Å²) in [6, 6.07) is 15.7. The van der Waals surface area contributed by atoms with Gasteiger partial charge in [0.1, 0.15) is 0 Å². The summed E-state index contributed by atoms with van der Waals surface area (Å²) in [6.07, 6.45) is 6.77. The molecule has 0 aliphatic heterocycles. The minimum absolute atomic E-state index is 0.117. The fraction of sp³-hybridized carbons (Fsp3) is 0.423. The van der Waals surface area contributed by atoms with Crippen molar-refractivity contribution in [2.45, 2.75) is 62.9 Å². The van der Waals surface area contributed by atoms with Crippen molar-refractivity contribution in [3.63, 3.8) is 0 Å². The zero-order chi connectivity index (χ0) is 23.2. The first-order chi connectivity index (χ1) is 16.1. The molecule has 0 radical (unpaired) electrons. The lowest BCUT2D eigenvalue weighted by atomic mass is 9.94. The number of imidazole rings is 1. The van der Waals surface area contributed by atoms with Gasteiger partial charge in [0, 0.05) is 24.5 Å². The quantitative estimate of drug-likeness (QED) is 0.442. The number of aryl methyl sites for hydroxylation is 1. The van der Waals surface area contributed by atoms with Crippen LogP contribution in [0.2, 0.25) is 0 Å². The van der Waals surface area contributed by atoms with E-state index in [0.717, 1.165) is 41.7 Å². The average Bonchev–Trinajstić information content (AvgIpc) is 3.19. The molecule has 6 nitrogen and oxygen atoms in total. The molecule has 4 rings (SSSR count). The molecule has 33 heavy (non-hydrogen) atoms. The summed E-state index contributed by atoms with van der Waals surface area (Å²) in [4.78, 5) is 33.4. The van der Waals surface area contributed by atoms with E-state index < -0.39 is 0 Å². The molecule has 2 aromatic carbocycles. The lowest BCUT2D eigenvalue weighted by molar-refractivity contribution is -0.129. The maximum atomic E-state index is 13.2. The molecule has 1 aliphatic carbocycles. The maximum Gasteiger partial charge on any atom is 0.259 e. The first kappa shape index (κ1) is 23.4. The van der Waals surface area contributed by atoms with E-state index in [4.69, 9.17) is 0 Å². The molecular weight excluding hydrogens is 432 g/mol. The summed E-state index contributed by atoms with van der Waals surface area (Å²) in [7, 11) is 1.91. The maximum absolute atomic E-state index is 13.2. The molecule has 1 aromatic heterocycles. The highest BCUT2D eigenvalue weighted by atomic mass is 32.2. The van der Waals surface area contributed by atoms with Crippen LogP contribution in [-0.4, -0.2) is 45.1 Å². The third-order valence-corrected chi connectivity index (χ3v) is 7.38. The van der Waals surface area contributed by atoms with Gasteiger partial charge >= 0.3 is 0 Å². The van der Waals surface area contributed by atoms with Crippen molar-refractivity contribution in [3.8, 4) is 0 Å². The zero-order valence-electron chi connectivity index (χ0n) is 19.4. The highest BCUT2D eigenvalue weighted by Gasteiger charge is 2.23. The van der Waals surface area contributed by atoms with Crippen LogP contribution in [0, 0.1) is 0 Å². The molecule has 1 fully saturated rings. The molecule has 0 unspecified atom stereocenters. The molecule has 0 spiro atoms. The number of fused-ring (bicyclic) bond motifs is 1. The van der Waals surface area contributed by atoms with Gasteiger partial charge < -0.3 is 9.47 Å². The molecule has 1 aliphatic rings. The first-order valence-electron chi connectivity index (χ1n) is 11.8. The Hall–Kier alpha value is -2.80. The van der Waals surface area contributed by atoms with Crippen LogP contribution in [0.4, 0.5) is 5.95 Å². The number of para-hydroxylation sites is 2. The second kappa shape index (κ2) is 10.9. The molecule has 0 saturated heterocycles. The van der Waals surface area contributed by atoms with Crippen LogP contribution in [0.1, 0.15) is 55.8 Å². The molecule has 174 valence electrons. The summed E-state index contributed by atoms with van der Waals surface area (Å²) in [5, 5.41) is 3.01. The van der Waals surface area contributed by atoms with Gasteiger partial charge in [-0.3, -0.25) is 14.9 Å². The zero-order valence-corrected chi connectivity index (χ0v) is 20.2. The van der Waals surface area contributed by atoms with Gasteiger partial charge in [0.25, 0.3) is 5.91 Å². The van der Waals surface area contributed by atoms with E-state index in [1.165, 1.54) is 31.0 Å². The molecule has 0 bridgehead atoms. The fourth-order valence-corrected chi connectivity index (χ4v) is 5.46. The minimum Gasteiger partial charge on any atom is -0.342 e. The lowest BCUT2D eigenvalue weighted by Gasteiger charge is -2.31. The standard InChI is InChI=1S/C26H32N4O2S/c1-3-17-30-22-15-9-8-14-21(22)27-26(30)28-25(32)20-13-7-10-16-23(20)33-18-24(31)29(2)19-11-5-4-6-12-19/h7-10,13-16,19H,3-6,11-12,17-18H2,1-2H3,(H,27,28,32). The number of rotatable bonds is 8. The Kier molecular flexibility index (Phi) is 7.70. The number of benzene rings is 2. The van der Waals surface area contributed by atoms with Gasteiger partial charge in [0.15, 0.2) is 0 Å². The van der Waals surface area contributed by atoms with E-state index >= 15 is 0 Å². The Morgan fingerprint density at radius 2 is 1.82 bits per heavy atom. The van der Waals surface area contributed by atoms with Crippen LogP contribution in [0.25, 0.3) is 11.0 Å². The number of thioether (sulfide) groups is 1. The largest absolute Gasteiger partial charge is 0.342 e. The van der Waals surface area contributed by atoms with Crippen molar-refractivity contribution in [3.05, 3.63) is 54.1 Å². The van der Waals surface area contributed by atoms with E-state index in [2.05, 4.69) is 17.2 Å². The predicted octanol–water partition coefficient (Wildman–Crippen LogP) is 5.58. The highest BCUT2D eigenvalue weighted by Crippen LogP contribution is 2.27. The van der Waals surface area contributed by atoms with Crippen molar-refractivity contribution in [2.75, 3.05) is 18.1 Å².